The Morgan fingerprint density at radius 2 is 2.21 bits per heavy atom. The molecule has 1 aromatic heterocycles. The fourth-order valence-corrected chi connectivity index (χ4v) is 3.13. The van der Waals surface area contributed by atoms with Crippen molar-refractivity contribution < 1.29 is 9.47 Å². The summed E-state index contributed by atoms with van der Waals surface area (Å²) >= 11 is 5.45. The molecule has 19 heavy (non-hydrogen) atoms. The summed E-state index contributed by atoms with van der Waals surface area (Å²) in [5, 5.41) is 0. The Morgan fingerprint density at radius 3 is 2.89 bits per heavy atom. The summed E-state index contributed by atoms with van der Waals surface area (Å²) in [6, 6.07) is 6.46. The third-order valence-electron chi connectivity index (χ3n) is 3.77. The summed E-state index contributed by atoms with van der Waals surface area (Å²) in [5.41, 5.74) is 2.10. The molecule has 0 bridgehead atoms. The number of para-hydroxylation sites is 1. The molecule has 0 atom stereocenters. The number of H-pyrrole nitrogens is 1. The SMILES string of the molecule is CCOC1CC(n2c(=S)[nH]c3c(OC)cccc32)C1. The van der Waals surface area contributed by atoms with E-state index in [0.717, 1.165) is 41.0 Å². The maximum atomic E-state index is 5.62. The van der Waals surface area contributed by atoms with Crippen LogP contribution in [0, 0.1) is 4.77 Å². The average Bonchev–Trinajstić information content (AvgIpc) is 2.69. The highest BCUT2D eigenvalue weighted by Crippen LogP contribution is 2.38. The molecule has 1 fully saturated rings. The largest absolute Gasteiger partial charge is 0.494 e. The van der Waals surface area contributed by atoms with E-state index in [1.807, 2.05) is 19.1 Å². The van der Waals surface area contributed by atoms with E-state index >= 15 is 0 Å². The first kappa shape index (κ1) is 12.7. The third-order valence-corrected chi connectivity index (χ3v) is 4.07. The smallest absolute Gasteiger partial charge is 0.178 e. The molecule has 4 nitrogen and oxygen atoms in total. The minimum absolute atomic E-state index is 0.382. The van der Waals surface area contributed by atoms with Gasteiger partial charge in [0, 0.05) is 12.6 Å². The molecule has 0 unspecified atom stereocenters. The Labute approximate surface area is 117 Å². The number of aromatic amines is 1. The van der Waals surface area contributed by atoms with Crippen molar-refractivity contribution in [2.24, 2.45) is 0 Å². The van der Waals surface area contributed by atoms with Crippen LogP contribution in [0.25, 0.3) is 11.0 Å². The topological polar surface area (TPSA) is 39.2 Å². The standard InChI is InChI=1S/C14H18N2O2S/c1-3-18-10-7-9(8-10)16-11-5-4-6-12(17-2)13(11)15-14(16)19/h4-6,9-10H,3,7-8H2,1-2H3,(H,15,19). The second kappa shape index (κ2) is 4.98. The summed E-state index contributed by atoms with van der Waals surface area (Å²) in [4.78, 5) is 3.25. The van der Waals surface area contributed by atoms with Crippen molar-refractivity contribution in [1.29, 1.82) is 0 Å². The predicted octanol–water partition coefficient (Wildman–Crippen LogP) is 3.45. The second-order valence-corrected chi connectivity index (χ2v) is 5.24. The van der Waals surface area contributed by atoms with Gasteiger partial charge in [-0.2, -0.15) is 0 Å². The lowest BCUT2D eigenvalue weighted by atomic mass is 9.89. The van der Waals surface area contributed by atoms with E-state index in [-0.39, 0.29) is 0 Å². The Morgan fingerprint density at radius 1 is 1.42 bits per heavy atom. The van der Waals surface area contributed by atoms with Gasteiger partial charge in [0.1, 0.15) is 11.3 Å². The lowest BCUT2D eigenvalue weighted by Crippen LogP contribution is -2.33. The molecular formula is C14H18N2O2S. The van der Waals surface area contributed by atoms with Crippen molar-refractivity contribution in [3.63, 3.8) is 0 Å². The number of aromatic nitrogens is 2. The summed E-state index contributed by atoms with van der Waals surface area (Å²) in [5.74, 6) is 0.836. The van der Waals surface area contributed by atoms with Crippen LogP contribution in [-0.2, 0) is 4.74 Å². The molecule has 0 amide bonds. The Kier molecular flexibility index (Phi) is 3.33. The zero-order chi connectivity index (χ0) is 13.4. The number of hydrogen-bond acceptors (Lipinski definition) is 3. The number of rotatable bonds is 4. The molecular weight excluding hydrogens is 260 g/mol. The van der Waals surface area contributed by atoms with Gasteiger partial charge >= 0.3 is 0 Å². The minimum atomic E-state index is 0.382. The first-order valence-electron chi connectivity index (χ1n) is 6.63. The van der Waals surface area contributed by atoms with Gasteiger partial charge in [0.25, 0.3) is 0 Å². The zero-order valence-electron chi connectivity index (χ0n) is 11.2. The number of methoxy groups -OCH3 is 1. The number of nitrogens with zero attached hydrogens (tertiary/aromatic N) is 1. The maximum absolute atomic E-state index is 5.62. The number of ether oxygens (including phenoxy) is 2. The van der Waals surface area contributed by atoms with E-state index in [1.165, 1.54) is 0 Å². The molecule has 1 saturated carbocycles. The Balaban J connectivity index is 1.97. The summed E-state index contributed by atoms with van der Waals surface area (Å²) in [6.07, 6.45) is 2.45. The van der Waals surface area contributed by atoms with Crippen molar-refractivity contribution in [3.8, 4) is 5.75 Å². The molecule has 3 rings (SSSR count). The molecule has 1 heterocycles. The van der Waals surface area contributed by atoms with Crippen molar-refractivity contribution in [2.75, 3.05) is 13.7 Å². The fourth-order valence-electron chi connectivity index (χ4n) is 2.78. The van der Waals surface area contributed by atoms with Crippen LogP contribution in [0.1, 0.15) is 25.8 Å². The van der Waals surface area contributed by atoms with Crippen LogP contribution in [-0.4, -0.2) is 29.4 Å². The maximum Gasteiger partial charge on any atom is 0.178 e. The van der Waals surface area contributed by atoms with Crippen LogP contribution in [0.5, 0.6) is 5.75 Å². The van der Waals surface area contributed by atoms with E-state index in [1.54, 1.807) is 7.11 Å². The number of imidazole rings is 1. The van der Waals surface area contributed by atoms with E-state index in [0.29, 0.717) is 12.1 Å². The van der Waals surface area contributed by atoms with Gasteiger partial charge in [0.2, 0.25) is 0 Å². The highest BCUT2D eigenvalue weighted by molar-refractivity contribution is 7.71. The molecule has 2 aromatic rings. The minimum Gasteiger partial charge on any atom is -0.494 e. The van der Waals surface area contributed by atoms with Crippen molar-refractivity contribution >= 4 is 23.3 Å². The fraction of sp³-hybridized carbons (Fsp3) is 0.500. The highest BCUT2D eigenvalue weighted by atomic mass is 32.1. The van der Waals surface area contributed by atoms with Crippen molar-refractivity contribution in [1.82, 2.24) is 9.55 Å². The molecule has 102 valence electrons. The Hall–Kier alpha value is -1.33. The number of hydrogen-bond donors (Lipinski definition) is 1. The first-order valence-corrected chi connectivity index (χ1v) is 7.04. The van der Waals surface area contributed by atoms with E-state index in [9.17, 15) is 0 Å². The molecule has 0 saturated heterocycles. The van der Waals surface area contributed by atoms with Gasteiger partial charge in [-0.1, -0.05) is 6.07 Å². The normalized spacial score (nSPS) is 22.4. The quantitative estimate of drug-likeness (QED) is 0.871. The van der Waals surface area contributed by atoms with Gasteiger partial charge in [0.15, 0.2) is 4.77 Å². The predicted molar refractivity (Wildman–Crippen MR) is 77.4 cm³/mol. The van der Waals surface area contributed by atoms with Gasteiger partial charge in [-0.05, 0) is 44.1 Å². The first-order chi connectivity index (χ1) is 9.24. The lowest BCUT2D eigenvalue weighted by Gasteiger charge is -2.36. The van der Waals surface area contributed by atoms with E-state index < -0.39 is 0 Å². The van der Waals surface area contributed by atoms with E-state index in [2.05, 4.69) is 15.6 Å². The molecule has 0 spiro atoms. The number of benzene rings is 1. The molecule has 1 aliphatic carbocycles. The van der Waals surface area contributed by atoms with E-state index in [4.69, 9.17) is 21.7 Å². The van der Waals surface area contributed by atoms with Gasteiger partial charge in [-0.3, -0.25) is 0 Å². The second-order valence-electron chi connectivity index (χ2n) is 4.86. The van der Waals surface area contributed by atoms with Crippen molar-refractivity contribution in [3.05, 3.63) is 23.0 Å². The lowest BCUT2D eigenvalue weighted by molar-refractivity contribution is -0.0190. The monoisotopic (exact) mass is 278 g/mol. The van der Waals surface area contributed by atoms with Gasteiger partial charge in [-0.15, -0.1) is 0 Å². The molecule has 1 N–H and O–H groups in total. The third kappa shape index (κ3) is 2.07. The van der Waals surface area contributed by atoms with Crippen molar-refractivity contribution in [2.45, 2.75) is 31.9 Å². The molecule has 1 aliphatic rings. The van der Waals surface area contributed by atoms with Crippen LogP contribution in [0.2, 0.25) is 0 Å². The number of nitrogens with one attached hydrogen (secondary N) is 1. The molecule has 0 aliphatic heterocycles. The van der Waals surface area contributed by atoms with Gasteiger partial charge in [0.05, 0.1) is 18.7 Å². The Bertz CT molecular complexity index is 640. The van der Waals surface area contributed by atoms with Gasteiger partial charge in [-0.25, -0.2) is 0 Å². The molecule has 1 aromatic carbocycles. The zero-order valence-corrected chi connectivity index (χ0v) is 12.0. The summed E-state index contributed by atoms with van der Waals surface area (Å²) in [6.45, 7) is 2.82. The number of fused-ring (bicyclic) bond motifs is 1. The summed E-state index contributed by atoms with van der Waals surface area (Å²) < 4.78 is 14.0. The molecule has 5 heteroatoms. The molecule has 0 radical (unpaired) electrons. The van der Waals surface area contributed by atoms with Crippen LogP contribution >= 0.6 is 12.2 Å². The van der Waals surface area contributed by atoms with Crippen LogP contribution < -0.4 is 4.74 Å². The van der Waals surface area contributed by atoms with Crippen LogP contribution in [0.15, 0.2) is 18.2 Å². The van der Waals surface area contributed by atoms with Crippen LogP contribution in [0.4, 0.5) is 0 Å². The van der Waals surface area contributed by atoms with Crippen LogP contribution in [0.3, 0.4) is 0 Å². The summed E-state index contributed by atoms with van der Waals surface area (Å²) in [7, 11) is 1.68. The average molecular weight is 278 g/mol. The highest BCUT2D eigenvalue weighted by Gasteiger charge is 2.32. The van der Waals surface area contributed by atoms with Gasteiger partial charge < -0.3 is 19.0 Å².